The van der Waals surface area contributed by atoms with Gasteiger partial charge >= 0.3 is 0 Å². The average molecular weight is 386 g/mol. The van der Waals surface area contributed by atoms with Gasteiger partial charge < -0.3 is 4.74 Å². The second-order valence-electron chi connectivity index (χ2n) is 8.22. The molecule has 30 heavy (non-hydrogen) atoms. The Labute approximate surface area is 178 Å². The molecule has 0 radical (unpaired) electrons. The standard InChI is InChI=1S/C29H22O/c1-29(2)25-15-7-13-23(19-17-21-9-3-4-10-21)27(25)30-28-24(14-8-16-26(28)29)20-18-22-11-5-6-12-22/h3-16,21-22H,1-2H3. The smallest absolute Gasteiger partial charge is 0.147 e. The number of para-hydroxylation sites is 2. The normalized spacial score (nSPS) is 17.5. The SMILES string of the molecule is CC1(C)c2cccc(C#CC3C=CC=C3)c2Oc2c(C#CC3C=CC=C3)cccc21. The molecule has 2 aliphatic carbocycles. The van der Waals surface area contributed by atoms with Gasteiger partial charge in [-0.2, -0.15) is 0 Å². The highest BCUT2D eigenvalue weighted by Crippen LogP contribution is 2.50. The van der Waals surface area contributed by atoms with Crippen molar-refractivity contribution in [1.29, 1.82) is 0 Å². The van der Waals surface area contributed by atoms with Gasteiger partial charge in [0.05, 0.1) is 23.0 Å². The predicted octanol–water partition coefficient (Wildman–Crippen LogP) is 6.31. The van der Waals surface area contributed by atoms with Gasteiger partial charge in [-0.1, -0.05) is 110 Å². The molecule has 1 heterocycles. The molecule has 5 rings (SSSR count). The van der Waals surface area contributed by atoms with E-state index in [1.165, 1.54) is 0 Å². The van der Waals surface area contributed by atoms with E-state index in [4.69, 9.17) is 4.74 Å². The minimum Gasteiger partial charge on any atom is -0.454 e. The Kier molecular flexibility index (Phi) is 4.46. The highest BCUT2D eigenvalue weighted by molar-refractivity contribution is 5.66. The molecule has 0 atom stereocenters. The highest BCUT2D eigenvalue weighted by Gasteiger charge is 2.36. The summed E-state index contributed by atoms with van der Waals surface area (Å²) in [5.74, 6) is 15.4. The zero-order valence-corrected chi connectivity index (χ0v) is 17.1. The van der Waals surface area contributed by atoms with Crippen molar-refractivity contribution < 1.29 is 4.74 Å². The second-order valence-corrected chi connectivity index (χ2v) is 8.22. The van der Waals surface area contributed by atoms with Crippen molar-refractivity contribution in [2.24, 2.45) is 11.8 Å². The Morgan fingerprint density at radius 1 is 0.667 bits per heavy atom. The molecular formula is C29H22O. The van der Waals surface area contributed by atoms with Gasteiger partial charge in [0.15, 0.2) is 0 Å². The molecule has 0 fully saturated rings. The molecule has 1 nitrogen and oxygen atoms in total. The number of hydrogen-bond acceptors (Lipinski definition) is 1. The highest BCUT2D eigenvalue weighted by atomic mass is 16.5. The van der Waals surface area contributed by atoms with E-state index in [1.807, 2.05) is 36.4 Å². The maximum absolute atomic E-state index is 6.53. The first-order valence-corrected chi connectivity index (χ1v) is 10.3. The van der Waals surface area contributed by atoms with Gasteiger partial charge in [-0.15, -0.1) is 0 Å². The zero-order chi connectivity index (χ0) is 20.6. The van der Waals surface area contributed by atoms with E-state index >= 15 is 0 Å². The van der Waals surface area contributed by atoms with Crippen LogP contribution < -0.4 is 4.74 Å². The van der Waals surface area contributed by atoms with E-state index in [2.05, 4.69) is 86.1 Å². The molecule has 1 heteroatoms. The Morgan fingerprint density at radius 2 is 1.10 bits per heavy atom. The van der Waals surface area contributed by atoms with E-state index < -0.39 is 0 Å². The first-order valence-electron chi connectivity index (χ1n) is 10.3. The molecule has 0 bridgehead atoms. The van der Waals surface area contributed by atoms with Crippen LogP contribution in [0.4, 0.5) is 0 Å². The Balaban J connectivity index is 1.59. The van der Waals surface area contributed by atoms with Gasteiger partial charge in [-0.3, -0.25) is 0 Å². The van der Waals surface area contributed by atoms with Gasteiger partial charge in [-0.25, -0.2) is 0 Å². The largest absolute Gasteiger partial charge is 0.454 e. The molecule has 0 unspecified atom stereocenters. The van der Waals surface area contributed by atoms with Crippen LogP contribution in [0.25, 0.3) is 0 Å². The molecule has 144 valence electrons. The van der Waals surface area contributed by atoms with Gasteiger partial charge in [-0.05, 0) is 12.1 Å². The van der Waals surface area contributed by atoms with Crippen LogP contribution in [-0.4, -0.2) is 0 Å². The first kappa shape index (κ1) is 18.4. The van der Waals surface area contributed by atoms with E-state index in [1.54, 1.807) is 0 Å². The molecule has 2 aromatic rings. The van der Waals surface area contributed by atoms with Crippen LogP contribution in [0.2, 0.25) is 0 Å². The summed E-state index contributed by atoms with van der Waals surface area (Å²) >= 11 is 0. The first-order chi connectivity index (χ1) is 14.6. The van der Waals surface area contributed by atoms with Crippen molar-refractivity contribution in [1.82, 2.24) is 0 Å². The van der Waals surface area contributed by atoms with Crippen LogP contribution in [0.5, 0.6) is 11.5 Å². The molecule has 2 aromatic carbocycles. The molecular weight excluding hydrogens is 364 g/mol. The Hall–Kier alpha value is -3.68. The summed E-state index contributed by atoms with van der Waals surface area (Å²) < 4.78 is 6.53. The second kappa shape index (κ2) is 7.29. The minimum atomic E-state index is -0.196. The topological polar surface area (TPSA) is 9.23 Å². The molecule has 0 N–H and O–H groups in total. The lowest BCUT2D eigenvalue weighted by atomic mass is 9.74. The summed E-state index contributed by atoms with van der Waals surface area (Å²) in [6.45, 7) is 4.49. The number of rotatable bonds is 0. The van der Waals surface area contributed by atoms with Crippen molar-refractivity contribution in [2.75, 3.05) is 0 Å². The predicted molar refractivity (Wildman–Crippen MR) is 122 cm³/mol. The molecule has 1 aliphatic heterocycles. The maximum Gasteiger partial charge on any atom is 0.147 e. The fourth-order valence-electron chi connectivity index (χ4n) is 4.10. The summed E-state index contributed by atoms with van der Waals surface area (Å²) in [5, 5.41) is 0. The number of ether oxygens (including phenoxy) is 1. The van der Waals surface area contributed by atoms with Crippen molar-refractivity contribution in [3.63, 3.8) is 0 Å². The van der Waals surface area contributed by atoms with Crippen LogP contribution >= 0.6 is 0 Å². The maximum atomic E-state index is 6.53. The lowest BCUT2D eigenvalue weighted by Crippen LogP contribution is -2.25. The monoisotopic (exact) mass is 386 g/mol. The van der Waals surface area contributed by atoms with Crippen LogP contribution in [0.3, 0.4) is 0 Å². The summed E-state index contributed by atoms with van der Waals surface area (Å²) in [6, 6.07) is 12.5. The number of hydrogen-bond donors (Lipinski definition) is 0. The van der Waals surface area contributed by atoms with Gasteiger partial charge in [0.1, 0.15) is 11.5 Å². The van der Waals surface area contributed by atoms with Crippen molar-refractivity contribution in [3.8, 4) is 35.2 Å². The molecule has 3 aliphatic rings. The molecule has 0 spiro atoms. The lowest BCUT2D eigenvalue weighted by molar-refractivity contribution is 0.415. The molecule has 0 saturated heterocycles. The zero-order valence-electron chi connectivity index (χ0n) is 17.1. The summed E-state index contributed by atoms with van der Waals surface area (Å²) in [5.41, 5.74) is 3.96. The van der Waals surface area contributed by atoms with E-state index in [0.717, 1.165) is 33.8 Å². The van der Waals surface area contributed by atoms with E-state index in [-0.39, 0.29) is 17.3 Å². The van der Waals surface area contributed by atoms with Gasteiger partial charge in [0.25, 0.3) is 0 Å². The van der Waals surface area contributed by atoms with E-state index in [0.29, 0.717) is 0 Å². The number of allylic oxidation sites excluding steroid dienone is 8. The number of benzene rings is 2. The summed E-state index contributed by atoms with van der Waals surface area (Å²) in [7, 11) is 0. The Bertz CT molecular complexity index is 1140. The van der Waals surface area contributed by atoms with Crippen LogP contribution in [-0.2, 0) is 5.41 Å². The fourth-order valence-corrected chi connectivity index (χ4v) is 4.10. The summed E-state index contributed by atoms with van der Waals surface area (Å²) in [4.78, 5) is 0. The lowest BCUT2D eigenvalue weighted by Gasteiger charge is -2.35. The number of fused-ring (bicyclic) bond motifs is 2. The quantitative estimate of drug-likeness (QED) is 0.482. The van der Waals surface area contributed by atoms with Crippen molar-refractivity contribution in [2.45, 2.75) is 19.3 Å². The van der Waals surface area contributed by atoms with Crippen LogP contribution in [0, 0.1) is 35.5 Å². The summed E-state index contributed by atoms with van der Waals surface area (Å²) in [6.07, 6.45) is 16.5. The third kappa shape index (κ3) is 3.20. The molecule has 0 amide bonds. The minimum absolute atomic E-state index is 0.165. The van der Waals surface area contributed by atoms with Crippen LogP contribution in [0.1, 0.15) is 36.1 Å². The van der Waals surface area contributed by atoms with Crippen LogP contribution in [0.15, 0.2) is 85.0 Å². The molecule has 0 saturated carbocycles. The third-order valence-corrected chi connectivity index (χ3v) is 5.82. The van der Waals surface area contributed by atoms with Gasteiger partial charge in [0, 0.05) is 16.5 Å². The molecule has 0 aromatic heterocycles. The Morgan fingerprint density at radius 3 is 1.53 bits per heavy atom. The van der Waals surface area contributed by atoms with Crippen molar-refractivity contribution >= 4 is 0 Å². The fraction of sp³-hybridized carbons (Fsp3) is 0.172. The average Bonchev–Trinajstić information content (AvgIpc) is 3.45. The van der Waals surface area contributed by atoms with E-state index in [9.17, 15) is 0 Å². The van der Waals surface area contributed by atoms with Gasteiger partial charge in [0.2, 0.25) is 0 Å². The van der Waals surface area contributed by atoms with Crippen molar-refractivity contribution in [3.05, 3.63) is 107 Å². The third-order valence-electron chi connectivity index (χ3n) is 5.82.